The number of carbonyl (C=O) groups is 1. The maximum absolute atomic E-state index is 11.8. The van der Waals surface area contributed by atoms with Gasteiger partial charge in [-0.3, -0.25) is 4.79 Å². The molecule has 3 N–H and O–H groups in total. The van der Waals surface area contributed by atoms with Crippen molar-refractivity contribution in [1.82, 2.24) is 5.32 Å². The van der Waals surface area contributed by atoms with Gasteiger partial charge in [-0.1, -0.05) is 27.7 Å². The highest BCUT2D eigenvalue weighted by Crippen LogP contribution is 2.16. The standard InChI is InChI=1S/C12H26N2O.ClH/c1-6-10(4)11(15)14-12(5,8-13)7-9(2)3;/h9-10H,6-8,13H2,1-5H3,(H,14,15);1H. The van der Waals surface area contributed by atoms with Crippen molar-refractivity contribution in [2.24, 2.45) is 17.6 Å². The van der Waals surface area contributed by atoms with Crippen LogP contribution in [0.4, 0.5) is 0 Å². The summed E-state index contributed by atoms with van der Waals surface area (Å²) >= 11 is 0. The third-order valence-electron chi connectivity index (χ3n) is 2.79. The molecule has 0 saturated heterocycles. The van der Waals surface area contributed by atoms with Crippen molar-refractivity contribution in [3.05, 3.63) is 0 Å². The number of amides is 1. The maximum atomic E-state index is 11.8. The fourth-order valence-corrected chi connectivity index (χ4v) is 1.69. The van der Waals surface area contributed by atoms with Crippen LogP contribution in [0, 0.1) is 11.8 Å². The van der Waals surface area contributed by atoms with Crippen molar-refractivity contribution in [2.45, 2.75) is 53.0 Å². The number of nitrogens with two attached hydrogens (primary N) is 1. The Balaban J connectivity index is 0. The SMILES string of the molecule is CCC(C)C(=O)NC(C)(CN)CC(C)C.Cl. The molecule has 4 heteroatoms. The Hall–Kier alpha value is -0.280. The van der Waals surface area contributed by atoms with Crippen LogP contribution in [0.3, 0.4) is 0 Å². The minimum atomic E-state index is -0.255. The summed E-state index contributed by atoms with van der Waals surface area (Å²) in [5.41, 5.74) is 5.48. The summed E-state index contributed by atoms with van der Waals surface area (Å²) in [5.74, 6) is 0.727. The van der Waals surface area contributed by atoms with E-state index >= 15 is 0 Å². The first-order chi connectivity index (χ1) is 6.84. The van der Waals surface area contributed by atoms with E-state index in [9.17, 15) is 4.79 Å². The Morgan fingerprint density at radius 1 is 1.38 bits per heavy atom. The highest BCUT2D eigenvalue weighted by atomic mass is 35.5. The average Bonchev–Trinajstić information content (AvgIpc) is 2.15. The second-order valence-corrected chi connectivity index (χ2v) is 5.16. The molecule has 0 rings (SSSR count). The summed E-state index contributed by atoms with van der Waals surface area (Å²) in [7, 11) is 0. The molecule has 0 radical (unpaired) electrons. The third-order valence-corrected chi connectivity index (χ3v) is 2.79. The fraction of sp³-hybridized carbons (Fsp3) is 0.917. The predicted molar refractivity (Wildman–Crippen MR) is 71.8 cm³/mol. The molecule has 0 aliphatic rings. The number of carbonyl (C=O) groups excluding carboxylic acids is 1. The van der Waals surface area contributed by atoms with Crippen LogP contribution in [0.1, 0.15) is 47.5 Å². The molecular weight excluding hydrogens is 224 g/mol. The first kappa shape index (κ1) is 18.1. The molecule has 0 bridgehead atoms. The van der Waals surface area contributed by atoms with E-state index in [1.165, 1.54) is 0 Å². The Bertz CT molecular complexity index is 209. The van der Waals surface area contributed by atoms with Gasteiger partial charge in [-0.2, -0.15) is 0 Å². The molecule has 3 nitrogen and oxygen atoms in total. The van der Waals surface area contributed by atoms with Crippen molar-refractivity contribution in [2.75, 3.05) is 6.54 Å². The van der Waals surface area contributed by atoms with E-state index in [1.54, 1.807) is 0 Å². The zero-order chi connectivity index (χ0) is 12.1. The lowest BCUT2D eigenvalue weighted by molar-refractivity contribution is -0.126. The Labute approximate surface area is 106 Å². The van der Waals surface area contributed by atoms with Crippen LogP contribution in [0.15, 0.2) is 0 Å². The van der Waals surface area contributed by atoms with Crippen LogP contribution in [0.25, 0.3) is 0 Å². The summed E-state index contributed by atoms with van der Waals surface area (Å²) in [6, 6.07) is 0. The summed E-state index contributed by atoms with van der Waals surface area (Å²) in [5, 5.41) is 3.06. The largest absolute Gasteiger partial charge is 0.349 e. The number of rotatable bonds is 6. The first-order valence-electron chi connectivity index (χ1n) is 5.86. The van der Waals surface area contributed by atoms with Gasteiger partial charge in [0.2, 0.25) is 5.91 Å². The quantitative estimate of drug-likeness (QED) is 0.760. The van der Waals surface area contributed by atoms with E-state index in [1.807, 2.05) is 20.8 Å². The van der Waals surface area contributed by atoms with Crippen molar-refractivity contribution in [3.8, 4) is 0 Å². The van der Waals surface area contributed by atoms with E-state index in [0.29, 0.717) is 12.5 Å². The Kier molecular flexibility index (Phi) is 8.94. The lowest BCUT2D eigenvalue weighted by Gasteiger charge is -2.32. The lowest BCUT2D eigenvalue weighted by atomic mass is 9.90. The summed E-state index contributed by atoms with van der Waals surface area (Å²) in [6.07, 6.45) is 1.79. The summed E-state index contributed by atoms with van der Waals surface area (Å²) in [6.45, 7) is 10.8. The van der Waals surface area contributed by atoms with Crippen LogP contribution in [0.5, 0.6) is 0 Å². The molecule has 2 atom stereocenters. The molecular formula is C12H27ClN2O. The number of nitrogens with one attached hydrogen (secondary N) is 1. The van der Waals surface area contributed by atoms with Crippen LogP contribution < -0.4 is 11.1 Å². The Morgan fingerprint density at radius 3 is 2.19 bits per heavy atom. The van der Waals surface area contributed by atoms with Crippen molar-refractivity contribution in [3.63, 3.8) is 0 Å². The van der Waals surface area contributed by atoms with Crippen molar-refractivity contribution in [1.29, 1.82) is 0 Å². The van der Waals surface area contributed by atoms with Gasteiger partial charge in [0, 0.05) is 18.0 Å². The first-order valence-corrected chi connectivity index (χ1v) is 5.86. The van der Waals surface area contributed by atoms with Gasteiger partial charge in [-0.25, -0.2) is 0 Å². The maximum Gasteiger partial charge on any atom is 0.223 e. The molecule has 0 aromatic heterocycles. The normalized spacial score (nSPS) is 16.2. The third kappa shape index (κ3) is 6.33. The van der Waals surface area contributed by atoms with Gasteiger partial charge in [0.15, 0.2) is 0 Å². The molecule has 1 amide bonds. The highest BCUT2D eigenvalue weighted by Gasteiger charge is 2.27. The molecule has 98 valence electrons. The molecule has 0 aliphatic carbocycles. The minimum absolute atomic E-state index is 0. The van der Waals surface area contributed by atoms with Crippen LogP contribution >= 0.6 is 12.4 Å². The van der Waals surface area contributed by atoms with Gasteiger partial charge < -0.3 is 11.1 Å². The fourth-order valence-electron chi connectivity index (χ4n) is 1.69. The molecule has 0 fully saturated rings. The lowest BCUT2D eigenvalue weighted by Crippen LogP contribution is -2.53. The second-order valence-electron chi connectivity index (χ2n) is 5.16. The number of halogens is 1. The predicted octanol–water partition coefficient (Wildman–Crippen LogP) is 2.33. The monoisotopic (exact) mass is 250 g/mol. The van der Waals surface area contributed by atoms with Gasteiger partial charge in [0.25, 0.3) is 0 Å². The van der Waals surface area contributed by atoms with Gasteiger partial charge in [-0.05, 0) is 25.7 Å². The summed E-state index contributed by atoms with van der Waals surface area (Å²) < 4.78 is 0. The van der Waals surface area contributed by atoms with Crippen LogP contribution in [-0.2, 0) is 4.79 Å². The smallest absolute Gasteiger partial charge is 0.223 e. The van der Waals surface area contributed by atoms with Gasteiger partial charge >= 0.3 is 0 Å². The van der Waals surface area contributed by atoms with E-state index in [2.05, 4.69) is 19.2 Å². The highest BCUT2D eigenvalue weighted by molar-refractivity contribution is 5.85. The van der Waals surface area contributed by atoms with E-state index in [-0.39, 0.29) is 29.8 Å². The molecule has 0 heterocycles. The zero-order valence-electron chi connectivity index (χ0n) is 11.2. The molecule has 0 aliphatic heterocycles. The zero-order valence-corrected chi connectivity index (χ0v) is 12.0. The number of hydrogen-bond donors (Lipinski definition) is 2. The molecule has 16 heavy (non-hydrogen) atoms. The van der Waals surface area contributed by atoms with Crippen molar-refractivity contribution >= 4 is 18.3 Å². The molecule has 2 unspecified atom stereocenters. The van der Waals surface area contributed by atoms with Crippen molar-refractivity contribution < 1.29 is 4.79 Å². The van der Waals surface area contributed by atoms with Crippen LogP contribution in [-0.4, -0.2) is 18.0 Å². The molecule has 0 spiro atoms. The second kappa shape index (κ2) is 7.91. The number of hydrogen-bond acceptors (Lipinski definition) is 2. The Morgan fingerprint density at radius 2 is 1.88 bits per heavy atom. The van der Waals surface area contributed by atoms with Crippen LogP contribution in [0.2, 0.25) is 0 Å². The molecule has 0 saturated carbocycles. The van der Waals surface area contributed by atoms with E-state index < -0.39 is 0 Å². The topological polar surface area (TPSA) is 55.1 Å². The van der Waals surface area contributed by atoms with Gasteiger partial charge in [-0.15, -0.1) is 12.4 Å². The average molecular weight is 251 g/mol. The van der Waals surface area contributed by atoms with E-state index in [0.717, 1.165) is 12.8 Å². The summed E-state index contributed by atoms with van der Waals surface area (Å²) in [4.78, 5) is 11.8. The van der Waals surface area contributed by atoms with E-state index in [4.69, 9.17) is 5.73 Å². The van der Waals surface area contributed by atoms with Gasteiger partial charge in [0.05, 0.1) is 0 Å². The molecule has 0 aromatic carbocycles. The molecule has 0 aromatic rings. The van der Waals surface area contributed by atoms with Gasteiger partial charge in [0.1, 0.15) is 0 Å². The minimum Gasteiger partial charge on any atom is -0.349 e.